The van der Waals surface area contributed by atoms with Crippen LogP contribution in [0.25, 0.3) is 0 Å². The molecule has 23 heavy (non-hydrogen) atoms. The first-order valence-electron chi connectivity index (χ1n) is 7.50. The fraction of sp³-hybridized carbons (Fsp3) is 0.714. The molecule has 0 aliphatic carbocycles. The molecule has 9 heteroatoms. The summed E-state index contributed by atoms with van der Waals surface area (Å²) in [6.07, 6.45) is 3.29. The Bertz CT molecular complexity index is 709. The second-order valence-electron chi connectivity index (χ2n) is 5.32. The minimum Gasteiger partial charge on any atom is -0.349 e. The number of rotatable bonds is 9. The number of aromatic nitrogens is 2. The normalized spacial score (nSPS) is 13.9. The van der Waals surface area contributed by atoms with Gasteiger partial charge in [0.05, 0.1) is 11.9 Å². The third-order valence-corrected chi connectivity index (χ3v) is 4.47. The van der Waals surface area contributed by atoms with Crippen molar-refractivity contribution in [1.29, 1.82) is 0 Å². The van der Waals surface area contributed by atoms with E-state index in [4.69, 9.17) is 8.92 Å². The summed E-state index contributed by atoms with van der Waals surface area (Å²) < 4.78 is 34.5. The average Bonchev–Trinajstić information content (AvgIpc) is 2.48. The zero-order chi connectivity index (χ0) is 17.7. The number of hydrogen-bond donors (Lipinski definition) is 1. The van der Waals surface area contributed by atoms with Gasteiger partial charge in [-0.05, 0) is 19.3 Å². The van der Waals surface area contributed by atoms with Gasteiger partial charge >= 0.3 is 5.69 Å². The molecule has 0 aliphatic rings. The highest BCUT2D eigenvalue weighted by atomic mass is 32.2. The molecule has 0 spiro atoms. The molecule has 0 amide bonds. The van der Waals surface area contributed by atoms with Gasteiger partial charge in [-0.3, -0.25) is 18.5 Å². The smallest absolute Gasteiger partial charge is 0.330 e. The molecule has 0 aliphatic heterocycles. The average molecular weight is 348 g/mol. The standard InChI is InChI=1S/C14H24N2O6S/c1-5-14(6-2,7-3)22-12(10-21-23(4,19)20)16-9-8-11(17)15-13(16)18/h8-9,12H,5-7,10H2,1-4H3,(H,15,17,18)/t12-/m1/s1. The largest absolute Gasteiger partial charge is 0.349 e. The van der Waals surface area contributed by atoms with Gasteiger partial charge in [0.15, 0.2) is 6.23 Å². The lowest BCUT2D eigenvalue weighted by Gasteiger charge is -2.35. The highest BCUT2D eigenvalue weighted by molar-refractivity contribution is 7.85. The van der Waals surface area contributed by atoms with E-state index in [1.807, 2.05) is 20.8 Å². The summed E-state index contributed by atoms with van der Waals surface area (Å²) in [6.45, 7) is 5.51. The third-order valence-electron chi connectivity index (χ3n) is 3.91. The Morgan fingerprint density at radius 3 is 2.22 bits per heavy atom. The van der Waals surface area contributed by atoms with Crippen LogP contribution in [0.1, 0.15) is 46.3 Å². The predicted octanol–water partition coefficient (Wildman–Crippen LogP) is 0.997. The number of nitrogens with one attached hydrogen (secondary N) is 1. The molecule has 132 valence electrons. The minimum atomic E-state index is -3.69. The highest BCUT2D eigenvalue weighted by Gasteiger charge is 2.30. The van der Waals surface area contributed by atoms with Crippen LogP contribution in [0.2, 0.25) is 0 Å². The van der Waals surface area contributed by atoms with Crippen LogP contribution < -0.4 is 11.2 Å². The van der Waals surface area contributed by atoms with E-state index in [2.05, 4.69) is 4.98 Å². The first kappa shape index (κ1) is 19.6. The van der Waals surface area contributed by atoms with Crippen molar-refractivity contribution in [2.24, 2.45) is 0 Å². The molecular weight excluding hydrogens is 324 g/mol. The molecular formula is C14H24N2O6S. The Labute approximate surface area is 135 Å². The minimum absolute atomic E-state index is 0.355. The highest BCUT2D eigenvalue weighted by Crippen LogP contribution is 2.29. The lowest BCUT2D eigenvalue weighted by molar-refractivity contribution is -0.146. The first-order valence-corrected chi connectivity index (χ1v) is 9.31. The summed E-state index contributed by atoms with van der Waals surface area (Å²) in [4.78, 5) is 25.3. The van der Waals surface area contributed by atoms with E-state index in [0.29, 0.717) is 19.3 Å². The maximum atomic E-state index is 12.0. The Morgan fingerprint density at radius 1 is 1.22 bits per heavy atom. The van der Waals surface area contributed by atoms with Gasteiger partial charge in [0.2, 0.25) is 0 Å². The molecule has 0 radical (unpaired) electrons. The van der Waals surface area contributed by atoms with Crippen molar-refractivity contribution in [2.75, 3.05) is 12.9 Å². The maximum absolute atomic E-state index is 12.0. The summed E-state index contributed by atoms with van der Waals surface area (Å²) in [7, 11) is -3.69. The van der Waals surface area contributed by atoms with Gasteiger partial charge in [0.1, 0.15) is 6.61 Å². The number of nitrogens with zero attached hydrogens (tertiary/aromatic N) is 1. The first-order chi connectivity index (χ1) is 10.7. The van der Waals surface area contributed by atoms with Gasteiger partial charge in [0.25, 0.3) is 15.7 Å². The Hall–Kier alpha value is -1.45. The number of hydrogen-bond acceptors (Lipinski definition) is 6. The molecule has 0 unspecified atom stereocenters. The second kappa shape index (κ2) is 7.89. The van der Waals surface area contributed by atoms with Gasteiger partial charge in [-0.2, -0.15) is 8.42 Å². The molecule has 0 bridgehead atoms. The van der Waals surface area contributed by atoms with Crippen molar-refractivity contribution in [3.63, 3.8) is 0 Å². The van der Waals surface area contributed by atoms with Gasteiger partial charge in [0, 0.05) is 12.3 Å². The molecule has 0 saturated carbocycles. The Kier molecular flexibility index (Phi) is 6.72. The summed E-state index contributed by atoms with van der Waals surface area (Å²) in [5.41, 5.74) is -1.74. The van der Waals surface area contributed by atoms with Crippen molar-refractivity contribution in [3.8, 4) is 0 Å². The number of ether oxygens (including phenoxy) is 1. The molecule has 1 atom stereocenters. The van der Waals surface area contributed by atoms with Crippen LogP contribution in [-0.2, 0) is 19.0 Å². The Morgan fingerprint density at radius 2 is 1.78 bits per heavy atom. The molecule has 1 N–H and O–H groups in total. The second-order valence-corrected chi connectivity index (χ2v) is 6.97. The van der Waals surface area contributed by atoms with Crippen LogP contribution >= 0.6 is 0 Å². The van der Waals surface area contributed by atoms with Crippen molar-refractivity contribution >= 4 is 10.1 Å². The lowest BCUT2D eigenvalue weighted by Crippen LogP contribution is -2.40. The van der Waals surface area contributed by atoms with Crippen LogP contribution in [0.4, 0.5) is 0 Å². The summed E-state index contributed by atoms with van der Waals surface area (Å²) in [5.74, 6) is 0. The van der Waals surface area contributed by atoms with E-state index in [1.165, 1.54) is 12.3 Å². The summed E-state index contributed by atoms with van der Waals surface area (Å²) in [5, 5.41) is 0. The number of aromatic amines is 1. The fourth-order valence-corrected chi connectivity index (χ4v) is 2.66. The van der Waals surface area contributed by atoms with E-state index >= 15 is 0 Å². The maximum Gasteiger partial charge on any atom is 0.330 e. The summed E-state index contributed by atoms with van der Waals surface area (Å²) >= 11 is 0. The zero-order valence-corrected chi connectivity index (χ0v) is 14.7. The molecule has 1 heterocycles. The van der Waals surface area contributed by atoms with Gasteiger partial charge < -0.3 is 4.74 Å². The number of H-pyrrole nitrogens is 1. The topological polar surface area (TPSA) is 107 Å². The molecule has 1 aromatic rings. The van der Waals surface area contributed by atoms with E-state index in [-0.39, 0.29) is 6.61 Å². The molecule has 0 saturated heterocycles. The van der Waals surface area contributed by atoms with Crippen molar-refractivity contribution in [1.82, 2.24) is 9.55 Å². The molecule has 8 nitrogen and oxygen atoms in total. The molecule has 1 aromatic heterocycles. The van der Waals surface area contributed by atoms with E-state index in [0.717, 1.165) is 10.8 Å². The van der Waals surface area contributed by atoms with Gasteiger partial charge in [-0.25, -0.2) is 4.79 Å². The SMILES string of the molecule is CCC(CC)(CC)O[C@H](COS(C)(=O)=O)n1ccc(=O)[nH]c1=O. The summed E-state index contributed by atoms with van der Waals surface area (Å²) in [6, 6.07) is 1.17. The van der Waals surface area contributed by atoms with Crippen LogP contribution in [0.3, 0.4) is 0 Å². The molecule has 1 rings (SSSR count). The molecule has 0 fully saturated rings. The van der Waals surface area contributed by atoms with Gasteiger partial charge in [-0.15, -0.1) is 0 Å². The monoisotopic (exact) mass is 348 g/mol. The van der Waals surface area contributed by atoms with E-state index in [9.17, 15) is 18.0 Å². The Balaban J connectivity index is 3.20. The van der Waals surface area contributed by atoms with Crippen molar-refractivity contribution < 1.29 is 17.3 Å². The predicted molar refractivity (Wildman–Crippen MR) is 85.8 cm³/mol. The third kappa shape index (κ3) is 5.60. The quantitative estimate of drug-likeness (QED) is 0.667. The van der Waals surface area contributed by atoms with Crippen LogP contribution in [0.15, 0.2) is 21.9 Å². The van der Waals surface area contributed by atoms with Crippen molar-refractivity contribution in [3.05, 3.63) is 33.1 Å². The van der Waals surface area contributed by atoms with Crippen LogP contribution in [0, 0.1) is 0 Å². The lowest BCUT2D eigenvalue weighted by atomic mass is 9.94. The van der Waals surface area contributed by atoms with Crippen molar-refractivity contribution in [2.45, 2.75) is 51.9 Å². The van der Waals surface area contributed by atoms with E-state index in [1.54, 1.807) is 0 Å². The molecule has 0 aromatic carbocycles. The van der Waals surface area contributed by atoms with Gasteiger partial charge in [-0.1, -0.05) is 20.8 Å². The van der Waals surface area contributed by atoms with Crippen LogP contribution in [-0.4, -0.2) is 36.4 Å². The fourth-order valence-electron chi connectivity index (χ4n) is 2.30. The van der Waals surface area contributed by atoms with E-state index < -0.39 is 33.2 Å². The van der Waals surface area contributed by atoms with Crippen LogP contribution in [0.5, 0.6) is 0 Å². The zero-order valence-electron chi connectivity index (χ0n) is 13.9.